The maximum Gasteiger partial charge on any atom is 0.307 e. The second-order valence-electron chi connectivity index (χ2n) is 10.9. The first-order valence-electron chi connectivity index (χ1n) is 15.7. The number of ether oxygens (including phenoxy) is 2. The van der Waals surface area contributed by atoms with Crippen LogP contribution >= 0.6 is 11.6 Å². The predicted molar refractivity (Wildman–Crippen MR) is 184 cm³/mol. The highest BCUT2D eigenvalue weighted by Crippen LogP contribution is 2.40. The van der Waals surface area contributed by atoms with Crippen LogP contribution in [0.4, 0.5) is 11.4 Å². The summed E-state index contributed by atoms with van der Waals surface area (Å²) < 4.78 is 11.7. The topological polar surface area (TPSA) is 94.0 Å². The Morgan fingerprint density at radius 2 is 1.78 bits per heavy atom. The summed E-state index contributed by atoms with van der Waals surface area (Å²) in [5, 5.41) is 1.95. The van der Waals surface area contributed by atoms with Gasteiger partial charge in [-0.2, -0.15) is 0 Å². The average Bonchev–Trinajstić information content (AvgIpc) is 3.28. The normalized spacial score (nSPS) is 13.4. The maximum atomic E-state index is 13.3. The van der Waals surface area contributed by atoms with Gasteiger partial charge in [-0.15, -0.1) is 0 Å². The van der Waals surface area contributed by atoms with Crippen LogP contribution in [0.15, 0.2) is 84.9 Å². The lowest BCUT2D eigenvalue weighted by molar-refractivity contribution is -0.145. The molecule has 4 aromatic rings. The summed E-state index contributed by atoms with van der Waals surface area (Å²) in [7, 11) is 0. The minimum atomic E-state index is -0.368. The number of carbonyl (C=O) groups is 1. The molecule has 0 saturated carbocycles. The number of rotatable bonds is 10. The molecule has 4 N–H and O–H groups in total. The molecule has 0 aliphatic carbocycles. The predicted octanol–water partition coefficient (Wildman–Crippen LogP) is 7.62. The fourth-order valence-corrected chi connectivity index (χ4v) is 5.79. The Balaban J connectivity index is 0.00000226. The van der Waals surface area contributed by atoms with E-state index in [4.69, 9.17) is 32.7 Å². The Morgan fingerprint density at radius 1 is 1.04 bits per heavy atom. The van der Waals surface area contributed by atoms with Gasteiger partial charge in [0, 0.05) is 37.7 Å². The van der Waals surface area contributed by atoms with Crippen molar-refractivity contribution < 1.29 is 14.3 Å². The third-order valence-corrected chi connectivity index (χ3v) is 8.45. The van der Waals surface area contributed by atoms with Gasteiger partial charge in [0.1, 0.15) is 19.0 Å². The highest BCUT2D eigenvalue weighted by Gasteiger charge is 2.25. The number of hydrazine groups is 1. The molecular formula is C37H45ClN4O3. The largest absolute Gasteiger partial charge is 0.492 e. The Morgan fingerprint density at radius 3 is 2.53 bits per heavy atom. The van der Waals surface area contributed by atoms with Crippen LogP contribution in [0.1, 0.15) is 66.5 Å². The van der Waals surface area contributed by atoms with E-state index in [2.05, 4.69) is 36.1 Å². The van der Waals surface area contributed by atoms with E-state index < -0.39 is 0 Å². The van der Waals surface area contributed by atoms with E-state index in [9.17, 15) is 4.79 Å². The van der Waals surface area contributed by atoms with E-state index in [1.807, 2.05) is 81.4 Å². The molecule has 0 spiro atoms. The lowest BCUT2D eigenvalue weighted by atomic mass is 9.86. The molecule has 1 unspecified atom stereocenters. The van der Waals surface area contributed by atoms with Gasteiger partial charge in [-0.05, 0) is 53.8 Å². The van der Waals surface area contributed by atoms with Gasteiger partial charge >= 0.3 is 5.97 Å². The lowest BCUT2D eigenvalue weighted by Crippen LogP contribution is -2.31. The van der Waals surface area contributed by atoms with Crippen molar-refractivity contribution in [3.63, 3.8) is 0 Å². The molecule has 45 heavy (non-hydrogen) atoms. The molecule has 5 rings (SSSR count). The summed E-state index contributed by atoms with van der Waals surface area (Å²) in [6.07, 6.45) is 0.110. The number of halogens is 1. The number of fused-ring (bicyclic) bond motifs is 1. The molecule has 0 saturated heterocycles. The van der Waals surface area contributed by atoms with E-state index in [1.165, 1.54) is 16.7 Å². The van der Waals surface area contributed by atoms with Gasteiger partial charge in [0.2, 0.25) is 0 Å². The summed E-state index contributed by atoms with van der Waals surface area (Å²) in [5.74, 6) is 6.41. The second-order valence-corrected chi connectivity index (χ2v) is 11.3. The first-order valence-corrected chi connectivity index (χ1v) is 16.0. The lowest BCUT2D eigenvalue weighted by Gasteiger charge is -2.25. The van der Waals surface area contributed by atoms with Crippen molar-refractivity contribution in [2.24, 2.45) is 5.84 Å². The number of nitrogen functional groups attached to an aromatic ring is 1. The third-order valence-electron chi connectivity index (χ3n) is 8.03. The van der Waals surface area contributed by atoms with Crippen molar-refractivity contribution in [2.45, 2.75) is 59.7 Å². The third kappa shape index (κ3) is 8.57. The van der Waals surface area contributed by atoms with E-state index in [0.717, 1.165) is 42.1 Å². The Kier molecular flexibility index (Phi) is 12.3. The summed E-state index contributed by atoms with van der Waals surface area (Å²) in [4.78, 5) is 15.7. The van der Waals surface area contributed by atoms with Gasteiger partial charge in [-0.3, -0.25) is 9.69 Å². The van der Waals surface area contributed by atoms with Gasteiger partial charge < -0.3 is 20.2 Å². The zero-order valence-corrected chi connectivity index (χ0v) is 27.5. The van der Waals surface area contributed by atoms with Crippen molar-refractivity contribution in [3.8, 4) is 5.75 Å². The number of nitrogens with zero attached hydrogens (tertiary/aromatic N) is 2. The number of anilines is 2. The standard InChI is InChI=1S/C35H39ClN4O3.C2H6/c1-3-40(38)31-16-15-29(34(36)35(31)37)30(20-33(41)43-23-25-9-5-4-6-10-25)26-14-13-24(2)28(19-26)22-39-17-18-42-32-12-8-7-11-27(32)21-39;1-2/h4-16,19,30H,3,17-18,20-23,37-38H2,1-2H3;1-2H3. The number of hydrogen-bond acceptors (Lipinski definition) is 7. The number of carbonyl (C=O) groups excluding carboxylic acids is 1. The summed E-state index contributed by atoms with van der Waals surface area (Å²) in [5.41, 5.74) is 13.7. The average molecular weight is 629 g/mol. The van der Waals surface area contributed by atoms with Gasteiger partial charge in [0.05, 0.1) is 22.8 Å². The minimum Gasteiger partial charge on any atom is -0.492 e. The smallest absolute Gasteiger partial charge is 0.307 e. The van der Waals surface area contributed by atoms with Crippen molar-refractivity contribution in [1.29, 1.82) is 0 Å². The Labute approximate surface area is 272 Å². The summed E-state index contributed by atoms with van der Waals surface area (Å²) in [6.45, 7) is 11.8. The first-order chi connectivity index (χ1) is 21.8. The van der Waals surface area contributed by atoms with E-state index in [-0.39, 0.29) is 24.9 Å². The molecule has 4 aromatic carbocycles. The van der Waals surface area contributed by atoms with Crippen molar-refractivity contribution >= 4 is 28.9 Å². The molecule has 0 fully saturated rings. The number of hydrogen-bond donors (Lipinski definition) is 2. The highest BCUT2D eigenvalue weighted by atomic mass is 35.5. The molecule has 0 amide bonds. The van der Waals surface area contributed by atoms with E-state index in [1.54, 1.807) is 5.01 Å². The first kappa shape index (κ1) is 33.8. The van der Waals surface area contributed by atoms with Crippen LogP contribution in [-0.4, -0.2) is 30.6 Å². The zero-order valence-electron chi connectivity index (χ0n) is 26.8. The van der Waals surface area contributed by atoms with Gasteiger partial charge in [0.25, 0.3) is 0 Å². The number of esters is 1. The molecule has 1 aliphatic rings. The summed E-state index contributed by atoms with van der Waals surface area (Å²) in [6, 6.07) is 28.0. The number of benzene rings is 4. The molecule has 0 radical (unpaired) electrons. The molecular weight excluding hydrogens is 584 g/mol. The van der Waals surface area contributed by atoms with Crippen LogP contribution in [0.5, 0.6) is 5.75 Å². The quantitative estimate of drug-likeness (QED) is 0.0807. The van der Waals surface area contributed by atoms with Crippen molar-refractivity contribution in [1.82, 2.24) is 4.90 Å². The molecule has 0 aromatic heterocycles. The van der Waals surface area contributed by atoms with Crippen LogP contribution in [0, 0.1) is 6.92 Å². The van der Waals surface area contributed by atoms with Crippen LogP contribution in [0.3, 0.4) is 0 Å². The minimum absolute atomic E-state index is 0.110. The Bertz CT molecular complexity index is 1560. The molecule has 0 bridgehead atoms. The van der Waals surface area contributed by atoms with Gasteiger partial charge in [-0.1, -0.05) is 98.2 Å². The molecule has 8 heteroatoms. The van der Waals surface area contributed by atoms with Crippen LogP contribution in [0.25, 0.3) is 0 Å². The van der Waals surface area contributed by atoms with E-state index in [0.29, 0.717) is 29.5 Å². The zero-order chi connectivity index (χ0) is 32.3. The SMILES string of the molecule is CC.CCN(N)c1ccc(C(CC(=O)OCc2ccccc2)c2ccc(C)c(CN3CCOc4ccccc4C3)c2)c(Cl)c1N. The summed E-state index contributed by atoms with van der Waals surface area (Å²) >= 11 is 6.91. The molecule has 1 atom stereocenters. The second kappa shape index (κ2) is 16.3. The molecule has 7 nitrogen and oxygen atoms in total. The van der Waals surface area contributed by atoms with Crippen LogP contribution in [0.2, 0.25) is 5.02 Å². The van der Waals surface area contributed by atoms with Gasteiger partial charge in [-0.25, -0.2) is 5.84 Å². The highest BCUT2D eigenvalue weighted by molar-refractivity contribution is 6.34. The molecule has 1 aliphatic heterocycles. The molecule has 238 valence electrons. The van der Waals surface area contributed by atoms with Crippen molar-refractivity contribution in [3.05, 3.63) is 123 Å². The van der Waals surface area contributed by atoms with Crippen molar-refractivity contribution in [2.75, 3.05) is 30.4 Å². The number of nitrogens with two attached hydrogens (primary N) is 2. The number of para-hydroxylation sites is 1. The maximum absolute atomic E-state index is 13.3. The van der Waals surface area contributed by atoms with E-state index >= 15 is 0 Å². The molecule has 1 heterocycles. The fourth-order valence-electron chi connectivity index (χ4n) is 5.49. The fraction of sp³-hybridized carbons (Fsp3) is 0.324. The monoisotopic (exact) mass is 628 g/mol. The van der Waals surface area contributed by atoms with Crippen LogP contribution in [-0.2, 0) is 29.2 Å². The Hall–Kier alpha value is -4.04. The van der Waals surface area contributed by atoms with Gasteiger partial charge in [0.15, 0.2) is 0 Å². The van der Waals surface area contributed by atoms with Crippen LogP contribution < -0.4 is 21.3 Å². The number of aryl methyl sites for hydroxylation is 1.